The molecule has 1 rings (SSSR count). The van der Waals surface area contributed by atoms with E-state index >= 15 is 0 Å². The first-order valence-electron chi connectivity index (χ1n) is 3.88. The van der Waals surface area contributed by atoms with Gasteiger partial charge in [0.1, 0.15) is 0 Å². The van der Waals surface area contributed by atoms with Crippen LogP contribution in [-0.2, 0) is 6.54 Å². The molecule has 0 aliphatic carbocycles. The molecule has 0 fully saturated rings. The van der Waals surface area contributed by atoms with Crippen LogP contribution in [0.15, 0.2) is 16.9 Å². The molecule has 0 saturated carbocycles. The molecule has 1 aromatic rings. The Hall–Kier alpha value is -0.820. The highest BCUT2D eigenvalue weighted by Crippen LogP contribution is 2.07. The fraction of sp³-hybridized carbons (Fsp3) is 0.500. The molecule has 4 heteroatoms. The minimum atomic E-state index is 0.641. The molecule has 0 spiro atoms. The van der Waals surface area contributed by atoms with Crippen molar-refractivity contribution in [2.45, 2.75) is 25.8 Å². The maximum atomic E-state index is 8.29. The Bertz CT molecular complexity index is 274. The van der Waals surface area contributed by atoms with E-state index in [0.29, 0.717) is 6.42 Å². The smallest absolute Gasteiger partial charge is 0.0632 e. The minimum absolute atomic E-state index is 0.641. The SMILES string of the molecule is N#CCCCCn1cc(Br)cn1. The van der Waals surface area contributed by atoms with E-state index in [2.05, 4.69) is 27.1 Å². The van der Waals surface area contributed by atoms with Gasteiger partial charge in [-0.3, -0.25) is 4.68 Å². The summed E-state index contributed by atoms with van der Waals surface area (Å²) in [5.74, 6) is 0. The fourth-order valence-corrected chi connectivity index (χ4v) is 1.27. The van der Waals surface area contributed by atoms with Crippen LogP contribution >= 0.6 is 15.9 Å². The molecule has 0 amide bonds. The van der Waals surface area contributed by atoms with Gasteiger partial charge in [0.2, 0.25) is 0 Å². The number of aromatic nitrogens is 2. The van der Waals surface area contributed by atoms with Crippen molar-refractivity contribution < 1.29 is 0 Å². The number of halogens is 1. The van der Waals surface area contributed by atoms with Gasteiger partial charge in [-0.1, -0.05) is 0 Å². The van der Waals surface area contributed by atoms with Gasteiger partial charge in [-0.25, -0.2) is 0 Å². The molecule has 1 aromatic heterocycles. The van der Waals surface area contributed by atoms with Crippen LogP contribution in [-0.4, -0.2) is 9.78 Å². The lowest BCUT2D eigenvalue weighted by molar-refractivity contribution is 0.562. The van der Waals surface area contributed by atoms with Crippen LogP contribution in [0.3, 0.4) is 0 Å². The summed E-state index contributed by atoms with van der Waals surface area (Å²) in [6.07, 6.45) is 6.31. The first kappa shape index (κ1) is 9.27. The monoisotopic (exact) mass is 227 g/mol. The number of hydrogen-bond acceptors (Lipinski definition) is 2. The first-order valence-corrected chi connectivity index (χ1v) is 4.67. The largest absolute Gasteiger partial charge is 0.272 e. The highest BCUT2D eigenvalue weighted by molar-refractivity contribution is 9.10. The highest BCUT2D eigenvalue weighted by atomic mass is 79.9. The van der Waals surface area contributed by atoms with Crippen molar-refractivity contribution in [3.63, 3.8) is 0 Å². The number of unbranched alkanes of at least 4 members (excludes halogenated alkanes) is 2. The summed E-state index contributed by atoms with van der Waals surface area (Å²) in [5, 5.41) is 12.4. The van der Waals surface area contributed by atoms with Gasteiger partial charge in [-0.15, -0.1) is 0 Å². The lowest BCUT2D eigenvalue weighted by Crippen LogP contribution is -1.97. The summed E-state index contributed by atoms with van der Waals surface area (Å²) in [6, 6.07) is 2.12. The van der Waals surface area contributed by atoms with Crippen molar-refractivity contribution in [2.24, 2.45) is 0 Å². The lowest BCUT2D eigenvalue weighted by atomic mass is 10.2. The van der Waals surface area contributed by atoms with Crippen molar-refractivity contribution in [1.29, 1.82) is 5.26 Å². The van der Waals surface area contributed by atoms with Gasteiger partial charge in [0.05, 0.1) is 16.7 Å². The average Bonchev–Trinajstić information content (AvgIpc) is 2.45. The predicted molar refractivity (Wildman–Crippen MR) is 49.4 cm³/mol. The molecule has 0 aromatic carbocycles. The molecule has 64 valence electrons. The van der Waals surface area contributed by atoms with Gasteiger partial charge in [0.15, 0.2) is 0 Å². The minimum Gasteiger partial charge on any atom is -0.272 e. The number of aryl methyl sites for hydroxylation is 1. The molecular weight excluding hydrogens is 218 g/mol. The van der Waals surface area contributed by atoms with Crippen molar-refractivity contribution >= 4 is 15.9 Å². The molecule has 0 aliphatic heterocycles. The number of nitriles is 1. The van der Waals surface area contributed by atoms with Gasteiger partial charge in [0, 0.05) is 19.2 Å². The van der Waals surface area contributed by atoms with E-state index in [1.54, 1.807) is 6.20 Å². The fourth-order valence-electron chi connectivity index (χ4n) is 0.938. The maximum absolute atomic E-state index is 8.29. The van der Waals surface area contributed by atoms with Crippen LogP contribution in [0.25, 0.3) is 0 Å². The Kier molecular flexibility index (Phi) is 3.81. The van der Waals surface area contributed by atoms with Gasteiger partial charge in [-0.05, 0) is 28.8 Å². The van der Waals surface area contributed by atoms with Crippen molar-refractivity contribution in [3.05, 3.63) is 16.9 Å². The van der Waals surface area contributed by atoms with Gasteiger partial charge in [-0.2, -0.15) is 10.4 Å². The van der Waals surface area contributed by atoms with E-state index in [1.807, 2.05) is 10.9 Å². The third kappa shape index (κ3) is 3.05. The Morgan fingerprint density at radius 1 is 1.58 bits per heavy atom. The Morgan fingerprint density at radius 3 is 3.00 bits per heavy atom. The second-order valence-corrected chi connectivity index (χ2v) is 3.45. The number of rotatable bonds is 4. The topological polar surface area (TPSA) is 41.6 Å². The molecule has 12 heavy (non-hydrogen) atoms. The van der Waals surface area contributed by atoms with E-state index in [4.69, 9.17) is 5.26 Å². The molecule has 0 N–H and O–H groups in total. The zero-order valence-corrected chi connectivity index (χ0v) is 8.29. The summed E-state index contributed by atoms with van der Waals surface area (Å²) < 4.78 is 2.88. The number of nitrogens with zero attached hydrogens (tertiary/aromatic N) is 3. The Morgan fingerprint density at radius 2 is 2.42 bits per heavy atom. The molecule has 0 atom stereocenters. The van der Waals surface area contributed by atoms with E-state index < -0.39 is 0 Å². The van der Waals surface area contributed by atoms with Crippen molar-refractivity contribution in [2.75, 3.05) is 0 Å². The van der Waals surface area contributed by atoms with Crippen LogP contribution in [0.4, 0.5) is 0 Å². The highest BCUT2D eigenvalue weighted by Gasteiger charge is 1.93. The van der Waals surface area contributed by atoms with Gasteiger partial charge >= 0.3 is 0 Å². The van der Waals surface area contributed by atoms with Crippen LogP contribution in [0, 0.1) is 11.3 Å². The van der Waals surface area contributed by atoms with E-state index in [9.17, 15) is 0 Å². The second-order valence-electron chi connectivity index (χ2n) is 2.54. The Balaban J connectivity index is 2.21. The zero-order chi connectivity index (χ0) is 8.81. The summed E-state index contributed by atoms with van der Waals surface area (Å²) in [7, 11) is 0. The molecular formula is C8H10BrN3. The summed E-state index contributed by atoms with van der Waals surface area (Å²) in [6.45, 7) is 0.896. The molecule has 0 radical (unpaired) electrons. The van der Waals surface area contributed by atoms with E-state index in [1.165, 1.54) is 0 Å². The summed E-state index contributed by atoms with van der Waals surface area (Å²) in [4.78, 5) is 0. The van der Waals surface area contributed by atoms with Crippen LogP contribution in [0.1, 0.15) is 19.3 Å². The molecule has 0 unspecified atom stereocenters. The van der Waals surface area contributed by atoms with Crippen molar-refractivity contribution in [3.8, 4) is 6.07 Å². The summed E-state index contributed by atoms with van der Waals surface area (Å²) >= 11 is 3.32. The molecule has 0 bridgehead atoms. The Labute approximate surface area is 80.1 Å². The van der Waals surface area contributed by atoms with Crippen LogP contribution in [0.5, 0.6) is 0 Å². The predicted octanol–water partition coefficient (Wildman–Crippen LogP) is 2.34. The molecule has 1 heterocycles. The zero-order valence-electron chi connectivity index (χ0n) is 6.70. The molecule has 3 nitrogen and oxygen atoms in total. The lowest BCUT2D eigenvalue weighted by Gasteiger charge is -1.97. The normalized spacial score (nSPS) is 9.67. The quantitative estimate of drug-likeness (QED) is 0.742. The molecule has 0 saturated heterocycles. The number of hydrogen-bond donors (Lipinski definition) is 0. The third-order valence-electron chi connectivity index (χ3n) is 1.53. The molecule has 0 aliphatic rings. The summed E-state index contributed by atoms with van der Waals surface area (Å²) in [5.41, 5.74) is 0. The second kappa shape index (κ2) is 4.94. The van der Waals surface area contributed by atoms with E-state index in [-0.39, 0.29) is 0 Å². The van der Waals surface area contributed by atoms with Gasteiger partial charge in [0.25, 0.3) is 0 Å². The standard InChI is InChI=1S/C8H10BrN3/c9-8-6-11-12(7-8)5-3-1-2-4-10/h6-7H,1-3,5H2. The van der Waals surface area contributed by atoms with Gasteiger partial charge < -0.3 is 0 Å². The third-order valence-corrected chi connectivity index (χ3v) is 1.94. The maximum Gasteiger partial charge on any atom is 0.0632 e. The van der Waals surface area contributed by atoms with E-state index in [0.717, 1.165) is 23.9 Å². The van der Waals surface area contributed by atoms with Crippen LogP contribution < -0.4 is 0 Å². The average molecular weight is 228 g/mol. The van der Waals surface area contributed by atoms with Crippen molar-refractivity contribution in [1.82, 2.24) is 9.78 Å². The van der Waals surface area contributed by atoms with Crippen LogP contribution in [0.2, 0.25) is 0 Å². The first-order chi connectivity index (χ1) is 5.83.